The number of allylic oxidation sites excluding steroid dienone is 2. The van der Waals surface area contributed by atoms with Crippen LogP contribution in [0.25, 0.3) is 0 Å². The maximum atomic E-state index is 5.37. The summed E-state index contributed by atoms with van der Waals surface area (Å²) in [6.45, 7) is 0.804. The third kappa shape index (κ3) is 2.97. The second-order valence-electron chi connectivity index (χ2n) is 3.53. The van der Waals surface area contributed by atoms with E-state index in [0.29, 0.717) is 0 Å². The monoisotopic (exact) mass is 249 g/mol. The van der Waals surface area contributed by atoms with E-state index in [9.17, 15) is 0 Å². The molecule has 0 radical (unpaired) electrons. The van der Waals surface area contributed by atoms with E-state index in [1.54, 1.807) is 26.2 Å². The average molecular weight is 249 g/mol. The standard InChI is InChI=1S/C13H15NO2S/c1-15-12-6-5-11(13(9-12)16-2)10-14-7-3-4-8-17-14/h3-9H,10H2,1-2H3. The largest absolute Gasteiger partial charge is 0.497 e. The van der Waals surface area contributed by atoms with E-state index in [-0.39, 0.29) is 0 Å². The van der Waals surface area contributed by atoms with E-state index in [2.05, 4.69) is 9.71 Å². The van der Waals surface area contributed by atoms with Gasteiger partial charge in [-0.25, -0.2) is 0 Å². The Bertz CT molecular complexity index is 443. The first-order valence-corrected chi connectivity index (χ1v) is 6.15. The fourth-order valence-corrected chi connectivity index (χ4v) is 2.25. The van der Waals surface area contributed by atoms with Crippen molar-refractivity contribution >= 4 is 11.9 Å². The van der Waals surface area contributed by atoms with Gasteiger partial charge in [0, 0.05) is 17.8 Å². The van der Waals surface area contributed by atoms with Gasteiger partial charge in [0.25, 0.3) is 0 Å². The van der Waals surface area contributed by atoms with Gasteiger partial charge in [0.1, 0.15) is 11.5 Å². The lowest BCUT2D eigenvalue weighted by atomic mass is 10.2. The van der Waals surface area contributed by atoms with Gasteiger partial charge < -0.3 is 13.8 Å². The Morgan fingerprint density at radius 2 is 2.06 bits per heavy atom. The number of benzene rings is 1. The van der Waals surface area contributed by atoms with Gasteiger partial charge in [0.15, 0.2) is 0 Å². The zero-order valence-corrected chi connectivity index (χ0v) is 10.7. The van der Waals surface area contributed by atoms with Crippen molar-refractivity contribution in [3.05, 3.63) is 47.5 Å². The van der Waals surface area contributed by atoms with Gasteiger partial charge in [0.2, 0.25) is 0 Å². The number of hydrogen-bond acceptors (Lipinski definition) is 4. The van der Waals surface area contributed by atoms with Crippen molar-refractivity contribution in [1.29, 1.82) is 0 Å². The van der Waals surface area contributed by atoms with E-state index >= 15 is 0 Å². The Labute approximate surface area is 106 Å². The van der Waals surface area contributed by atoms with Gasteiger partial charge in [-0.1, -0.05) is 6.08 Å². The van der Waals surface area contributed by atoms with Crippen molar-refractivity contribution in [3.63, 3.8) is 0 Å². The number of rotatable bonds is 4. The molecular weight excluding hydrogens is 234 g/mol. The number of methoxy groups -OCH3 is 2. The Kier molecular flexibility index (Phi) is 3.98. The molecule has 0 N–H and O–H groups in total. The van der Waals surface area contributed by atoms with E-state index < -0.39 is 0 Å². The van der Waals surface area contributed by atoms with Crippen LogP contribution < -0.4 is 9.47 Å². The molecule has 1 aliphatic rings. The molecular formula is C13H15NO2S. The van der Waals surface area contributed by atoms with Crippen LogP contribution in [-0.4, -0.2) is 18.5 Å². The van der Waals surface area contributed by atoms with Gasteiger partial charge in [-0.3, -0.25) is 0 Å². The third-order valence-corrected chi connectivity index (χ3v) is 3.26. The first kappa shape index (κ1) is 11.9. The van der Waals surface area contributed by atoms with E-state index in [1.165, 1.54) is 0 Å². The van der Waals surface area contributed by atoms with Crippen LogP contribution in [0.15, 0.2) is 42.0 Å². The highest BCUT2D eigenvalue weighted by molar-refractivity contribution is 8.00. The molecule has 4 heteroatoms. The normalized spacial score (nSPS) is 13.9. The molecule has 1 heterocycles. The second-order valence-corrected chi connectivity index (χ2v) is 4.48. The van der Waals surface area contributed by atoms with Crippen LogP contribution in [0.4, 0.5) is 0 Å². The van der Waals surface area contributed by atoms with Crippen LogP contribution >= 0.6 is 11.9 Å². The minimum atomic E-state index is 0.804. The summed E-state index contributed by atoms with van der Waals surface area (Å²) in [6, 6.07) is 5.89. The van der Waals surface area contributed by atoms with Crippen LogP contribution in [0.1, 0.15) is 5.56 Å². The molecule has 90 valence electrons. The highest BCUT2D eigenvalue weighted by atomic mass is 32.2. The van der Waals surface area contributed by atoms with Crippen LogP contribution in [0.3, 0.4) is 0 Å². The summed E-state index contributed by atoms with van der Waals surface area (Å²) in [7, 11) is 3.33. The average Bonchev–Trinajstić information content (AvgIpc) is 2.40. The third-order valence-electron chi connectivity index (χ3n) is 2.46. The highest BCUT2D eigenvalue weighted by Gasteiger charge is 2.09. The lowest BCUT2D eigenvalue weighted by Gasteiger charge is -2.20. The van der Waals surface area contributed by atoms with Gasteiger partial charge in [-0.05, 0) is 35.6 Å². The van der Waals surface area contributed by atoms with Crippen LogP contribution in [0, 0.1) is 0 Å². The number of nitrogens with zero attached hydrogens (tertiary/aromatic N) is 1. The molecule has 1 aromatic carbocycles. The lowest BCUT2D eigenvalue weighted by molar-refractivity contribution is 0.388. The van der Waals surface area contributed by atoms with E-state index in [4.69, 9.17) is 9.47 Å². The van der Waals surface area contributed by atoms with Crippen molar-refractivity contribution in [1.82, 2.24) is 4.31 Å². The molecule has 0 saturated carbocycles. The Morgan fingerprint density at radius 3 is 2.71 bits per heavy atom. The number of ether oxygens (including phenoxy) is 2. The van der Waals surface area contributed by atoms with Crippen molar-refractivity contribution < 1.29 is 9.47 Å². The maximum Gasteiger partial charge on any atom is 0.127 e. The van der Waals surface area contributed by atoms with E-state index in [0.717, 1.165) is 23.6 Å². The Balaban J connectivity index is 2.14. The summed E-state index contributed by atoms with van der Waals surface area (Å²) in [5, 5.41) is 2.05. The fraction of sp³-hybridized carbons (Fsp3) is 0.231. The minimum absolute atomic E-state index is 0.804. The quantitative estimate of drug-likeness (QED) is 0.764. The fourth-order valence-electron chi connectivity index (χ4n) is 1.58. The molecule has 0 aliphatic carbocycles. The van der Waals surface area contributed by atoms with E-state index in [1.807, 2.05) is 36.6 Å². The lowest BCUT2D eigenvalue weighted by Crippen LogP contribution is -2.08. The summed E-state index contributed by atoms with van der Waals surface area (Å²) in [6.07, 6.45) is 6.09. The van der Waals surface area contributed by atoms with Gasteiger partial charge in [-0.15, -0.1) is 0 Å². The molecule has 17 heavy (non-hydrogen) atoms. The first-order chi connectivity index (χ1) is 8.33. The molecule has 0 amide bonds. The smallest absolute Gasteiger partial charge is 0.127 e. The van der Waals surface area contributed by atoms with Crippen molar-refractivity contribution in [2.45, 2.75) is 6.54 Å². The zero-order valence-electron chi connectivity index (χ0n) is 9.92. The van der Waals surface area contributed by atoms with Crippen molar-refractivity contribution in [2.75, 3.05) is 14.2 Å². The molecule has 2 rings (SSSR count). The summed E-state index contributed by atoms with van der Waals surface area (Å²) in [4.78, 5) is 0. The van der Waals surface area contributed by atoms with Crippen LogP contribution in [0.5, 0.6) is 11.5 Å². The van der Waals surface area contributed by atoms with Crippen molar-refractivity contribution in [2.24, 2.45) is 0 Å². The molecule has 1 aromatic rings. The topological polar surface area (TPSA) is 21.7 Å². The molecule has 0 aromatic heterocycles. The SMILES string of the molecule is COc1ccc(CN2C=CC=CS2)c(OC)c1. The molecule has 0 unspecified atom stereocenters. The molecule has 0 atom stereocenters. The van der Waals surface area contributed by atoms with Crippen LogP contribution in [0.2, 0.25) is 0 Å². The van der Waals surface area contributed by atoms with Crippen LogP contribution in [-0.2, 0) is 6.54 Å². The minimum Gasteiger partial charge on any atom is -0.497 e. The Morgan fingerprint density at radius 1 is 1.18 bits per heavy atom. The first-order valence-electron chi connectivity index (χ1n) is 5.31. The van der Waals surface area contributed by atoms with Crippen molar-refractivity contribution in [3.8, 4) is 11.5 Å². The zero-order chi connectivity index (χ0) is 12.1. The maximum absolute atomic E-state index is 5.37. The molecule has 3 nitrogen and oxygen atoms in total. The summed E-state index contributed by atoms with van der Waals surface area (Å²) in [5.41, 5.74) is 1.14. The molecule has 0 fully saturated rings. The van der Waals surface area contributed by atoms with Gasteiger partial charge in [-0.2, -0.15) is 0 Å². The Hall–Kier alpha value is -1.55. The molecule has 0 spiro atoms. The highest BCUT2D eigenvalue weighted by Crippen LogP contribution is 2.28. The summed E-state index contributed by atoms with van der Waals surface area (Å²) in [5.74, 6) is 1.67. The summed E-state index contributed by atoms with van der Waals surface area (Å²) >= 11 is 1.67. The predicted octanol–water partition coefficient (Wildman–Crippen LogP) is 3.20. The van der Waals surface area contributed by atoms with Gasteiger partial charge in [0.05, 0.1) is 20.8 Å². The second kappa shape index (κ2) is 5.68. The molecule has 1 aliphatic heterocycles. The predicted molar refractivity (Wildman–Crippen MR) is 71.0 cm³/mol. The number of hydrogen-bond donors (Lipinski definition) is 0. The summed E-state index contributed by atoms with van der Waals surface area (Å²) < 4.78 is 12.7. The van der Waals surface area contributed by atoms with Gasteiger partial charge >= 0.3 is 0 Å². The molecule has 0 bridgehead atoms. The molecule has 0 saturated heterocycles.